The summed E-state index contributed by atoms with van der Waals surface area (Å²) in [6.45, 7) is 3.19. The van der Waals surface area contributed by atoms with E-state index >= 15 is 0 Å². The fourth-order valence-corrected chi connectivity index (χ4v) is 2.39. The summed E-state index contributed by atoms with van der Waals surface area (Å²) in [5.41, 5.74) is 1.86. The average Bonchev–Trinajstić information content (AvgIpc) is 2.87. The summed E-state index contributed by atoms with van der Waals surface area (Å²) in [6.07, 6.45) is 0. The fraction of sp³-hybridized carbons (Fsp3) is 0.417. The van der Waals surface area contributed by atoms with Crippen LogP contribution >= 0.6 is 0 Å². The molecule has 0 saturated carbocycles. The number of ether oxygens (including phenoxy) is 2. The van der Waals surface area contributed by atoms with E-state index in [1.807, 2.05) is 24.3 Å². The van der Waals surface area contributed by atoms with Gasteiger partial charge in [0, 0.05) is 12.5 Å². The summed E-state index contributed by atoms with van der Waals surface area (Å²) >= 11 is 0. The Labute approximate surface area is 93.8 Å². The number of rotatable bonds is 0. The second-order valence-corrected chi connectivity index (χ2v) is 4.07. The highest BCUT2D eigenvalue weighted by Crippen LogP contribution is 2.44. The smallest absolute Gasteiger partial charge is 0.224 e. The number of fused-ring (bicyclic) bond motifs is 2. The molecule has 16 heavy (non-hydrogen) atoms. The molecule has 0 N–H and O–H groups in total. The first-order chi connectivity index (χ1) is 7.73. The van der Waals surface area contributed by atoms with Gasteiger partial charge in [-0.15, -0.1) is 0 Å². The number of hydrogen-bond acceptors (Lipinski definition) is 3. The van der Waals surface area contributed by atoms with Crippen molar-refractivity contribution in [3.05, 3.63) is 29.8 Å². The Morgan fingerprint density at radius 3 is 2.69 bits per heavy atom. The van der Waals surface area contributed by atoms with E-state index in [1.54, 1.807) is 11.8 Å². The van der Waals surface area contributed by atoms with Gasteiger partial charge < -0.3 is 14.4 Å². The van der Waals surface area contributed by atoms with Crippen LogP contribution in [0.25, 0.3) is 0 Å². The van der Waals surface area contributed by atoms with Crippen LogP contribution in [0.4, 0.5) is 5.69 Å². The third kappa shape index (κ3) is 1.20. The van der Waals surface area contributed by atoms with Crippen molar-refractivity contribution < 1.29 is 14.3 Å². The van der Waals surface area contributed by atoms with Crippen molar-refractivity contribution in [3.8, 4) is 0 Å². The highest BCUT2D eigenvalue weighted by atomic mass is 16.7. The third-order valence-corrected chi connectivity index (χ3v) is 3.11. The van der Waals surface area contributed by atoms with Crippen LogP contribution in [0.1, 0.15) is 12.5 Å². The zero-order chi connectivity index (χ0) is 11.2. The second kappa shape index (κ2) is 3.30. The average molecular weight is 219 g/mol. The van der Waals surface area contributed by atoms with E-state index < -0.39 is 5.79 Å². The molecule has 0 aliphatic carbocycles. The van der Waals surface area contributed by atoms with Crippen molar-refractivity contribution >= 4 is 11.6 Å². The van der Waals surface area contributed by atoms with Crippen LogP contribution in [-0.4, -0.2) is 25.7 Å². The zero-order valence-corrected chi connectivity index (χ0v) is 9.10. The molecule has 0 bridgehead atoms. The minimum absolute atomic E-state index is 0.0171. The molecule has 1 saturated heterocycles. The molecular weight excluding hydrogens is 206 g/mol. The van der Waals surface area contributed by atoms with Crippen molar-refractivity contribution in [3.63, 3.8) is 0 Å². The lowest BCUT2D eigenvalue weighted by atomic mass is 10.1. The van der Waals surface area contributed by atoms with Gasteiger partial charge in [-0.1, -0.05) is 18.2 Å². The van der Waals surface area contributed by atoms with E-state index in [-0.39, 0.29) is 5.91 Å². The van der Waals surface area contributed by atoms with Crippen LogP contribution in [0.3, 0.4) is 0 Å². The zero-order valence-electron chi connectivity index (χ0n) is 9.10. The SMILES string of the molecule is CC(=O)N1CC2(OCCO2)c2ccccc21. The summed E-state index contributed by atoms with van der Waals surface area (Å²) < 4.78 is 11.4. The molecule has 0 unspecified atom stereocenters. The van der Waals surface area contributed by atoms with Gasteiger partial charge in [0.25, 0.3) is 0 Å². The monoisotopic (exact) mass is 219 g/mol. The highest BCUT2D eigenvalue weighted by Gasteiger charge is 2.48. The standard InChI is InChI=1S/C12H13NO3/c1-9(14)13-8-12(15-6-7-16-12)10-4-2-3-5-11(10)13/h2-5H,6-8H2,1H3. The van der Waals surface area contributed by atoms with Crippen LogP contribution in [0.5, 0.6) is 0 Å². The number of nitrogens with zero attached hydrogens (tertiary/aromatic N) is 1. The molecule has 0 atom stereocenters. The van der Waals surface area contributed by atoms with Crippen LogP contribution < -0.4 is 4.90 Å². The maximum Gasteiger partial charge on any atom is 0.224 e. The molecule has 4 heteroatoms. The van der Waals surface area contributed by atoms with E-state index in [2.05, 4.69) is 0 Å². The predicted molar refractivity (Wildman–Crippen MR) is 58.1 cm³/mol. The van der Waals surface area contributed by atoms with Gasteiger partial charge in [0.05, 0.1) is 25.4 Å². The maximum absolute atomic E-state index is 11.6. The number of para-hydroxylation sites is 1. The van der Waals surface area contributed by atoms with Crippen molar-refractivity contribution in [1.82, 2.24) is 0 Å². The molecule has 1 spiro atoms. The van der Waals surface area contributed by atoms with Crippen LogP contribution in [0.15, 0.2) is 24.3 Å². The minimum atomic E-state index is -0.720. The molecule has 2 aliphatic heterocycles. The fourth-order valence-electron chi connectivity index (χ4n) is 2.39. The number of carbonyl (C=O) groups excluding carboxylic acids is 1. The molecule has 1 amide bonds. The molecule has 0 radical (unpaired) electrons. The van der Waals surface area contributed by atoms with Gasteiger partial charge in [0.15, 0.2) is 0 Å². The number of benzene rings is 1. The Kier molecular flexibility index (Phi) is 2.02. The van der Waals surface area contributed by atoms with E-state index in [9.17, 15) is 4.79 Å². The second-order valence-electron chi connectivity index (χ2n) is 4.07. The Bertz CT molecular complexity index is 438. The van der Waals surface area contributed by atoms with E-state index in [4.69, 9.17) is 9.47 Å². The Morgan fingerprint density at radius 1 is 1.31 bits per heavy atom. The van der Waals surface area contributed by atoms with Crippen molar-refractivity contribution in [2.75, 3.05) is 24.7 Å². The maximum atomic E-state index is 11.6. The van der Waals surface area contributed by atoms with E-state index in [1.165, 1.54) is 0 Å². The van der Waals surface area contributed by atoms with Gasteiger partial charge in [-0.3, -0.25) is 4.79 Å². The van der Waals surface area contributed by atoms with Gasteiger partial charge in [0.2, 0.25) is 11.7 Å². The number of anilines is 1. The minimum Gasteiger partial charge on any atom is -0.342 e. The first-order valence-electron chi connectivity index (χ1n) is 5.38. The first-order valence-corrected chi connectivity index (χ1v) is 5.38. The molecule has 3 rings (SSSR count). The molecule has 4 nitrogen and oxygen atoms in total. The van der Waals surface area contributed by atoms with Crippen molar-refractivity contribution in [1.29, 1.82) is 0 Å². The van der Waals surface area contributed by atoms with Crippen LogP contribution in [-0.2, 0) is 20.1 Å². The van der Waals surface area contributed by atoms with E-state index in [0.717, 1.165) is 11.3 Å². The number of amides is 1. The molecule has 1 aromatic carbocycles. The lowest BCUT2D eigenvalue weighted by Crippen LogP contribution is -2.36. The largest absolute Gasteiger partial charge is 0.342 e. The Balaban J connectivity index is 2.11. The summed E-state index contributed by atoms with van der Waals surface area (Å²) in [5.74, 6) is -0.703. The Morgan fingerprint density at radius 2 is 2.00 bits per heavy atom. The molecule has 1 aromatic rings. The number of hydrogen-bond donors (Lipinski definition) is 0. The topological polar surface area (TPSA) is 38.8 Å². The Hall–Kier alpha value is -1.39. The normalized spacial score (nSPS) is 21.4. The van der Waals surface area contributed by atoms with Gasteiger partial charge in [-0.05, 0) is 6.07 Å². The summed E-state index contributed by atoms with van der Waals surface area (Å²) in [4.78, 5) is 13.3. The first kappa shape index (κ1) is 9.81. The summed E-state index contributed by atoms with van der Waals surface area (Å²) in [6, 6.07) is 7.75. The summed E-state index contributed by atoms with van der Waals surface area (Å²) in [7, 11) is 0. The molecule has 2 heterocycles. The van der Waals surface area contributed by atoms with E-state index in [0.29, 0.717) is 19.8 Å². The lowest BCUT2D eigenvalue weighted by molar-refractivity contribution is -0.153. The van der Waals surface area contributed by atoms with Gasteiger partial charge in [-0.2, -0.15) is 0 Å². The summed E-state index contributed by atoms with van der Waals surface area (Å²) in [5, 5.41) is 0. The van der Waals surface area contributed by atoms with Gasteiger partial charge >= 0.3 is 0 Å². The predicted octanol–water partition coefficient (Wildman–Crippen LogP) is 1.25. The quantitative estimate of drug-likeness (QED) is 0.659. The van der Waals surface area contributed by atoms with Gasteiger partial charge in [-0.25, -0.2) is 0 Å². The molecule has 84 valence electrons. The van der Waals surface area contributed by atoms with Crippen LogP contribution in [0.2, 0.25) is 0 Å². The molecule has 1 fully saturated rings. The third-order valence-electron chi connectivity index (χ3n) is 3.11. The highest BCUT2D eigenvalue weighted by molar-refractivity contribution is 5.94. The van der Waals surface area contributed by atoms with Crippen molar-refractivity contribution in [2.24, 2.45) is 0 Å². The molecule has 0 aromatic heterocycles. The number of carbonyl (C=O) groups is 1. The lowest BCUT2D eigenvalue weighted by Gasteiger charge is -2.22. The molecular formula is C12H13NO3. The van der Waals surface area contributed by atoms with Crippen molar-refractivity contribution in [2.45, 2.75) is 12.7 Å². The molecule has 2 aliphatic rings. The van der Waals surface area contributed by atoms with Gasteiger partial charge in [0.1, 0.15) is 0 Å². The van der Waals surface area contributed by atoms with Crippen LogP contribution in [0, 0.1) is 0 Å².